The molecule has 0 aliphatic heterocycles. The maximum atomic E-state index is 16.1. The van der Waals surface area contributed by atoms with Crippen LogP contribution < -0.4 is 0 Å². The molecule has 0 spiro atoms. The Hall–Kier alpha value is -7.76. The zero-order valence-electron chi connectivity index (χ0n) is 30.3. The molecule has 0 N–H and O–H groups in total. The Bertz CT molecular complexity index is 3760. The summed E-state index contributed by atoms with van der Waals surface area (Å²) in [6, 6.07) is 48.6. The van der Waals surface area contributed by atoms with Gasteiger partial charge in [-0.3, -0.25) is 0 Å². The minimum atomic E-state index is -4.80. The summed E-state index contributed by atoms with van der Waals surface area (Å²) in [5.74, 6) is 0. The van der Waals surface area contributed by atoms with Crippen LogP contribution in [0.5, 0.6) is 0 Å². The van der Waals surface area contributed by atoms with Gasteiger partial charge in [-0.05, 0) is 60.2 Å². The van der Waals surface area contributed by atoms with Gasteiger partial charge in [-0.25, -0.2) is 4.85 Å². The molecule has 58 heavy (non-hydrogen) atoms. The first-order chi connectivity index (χ1) is 28.4. The highest BCUT2D eigenvalue weighted by atomic mass is 19.4. The van der Waals surface area contributed by atoms with Gasteiger partial charge in [0.1, 0.15) is 11.2 Å². The molecule has 0 saturated carbocycles. The van der Waals surface area contributed by atoms with Gasteiger partial charge in [0.2, 0.25) is 0 Å². The number of aromatic nitrogens is 2. The van der Waals surface area contributed by atoms with Crippen LogP contribution in [0.15, 0.2) is 167 Å². The van der Waals surface area contributed by atoms with Crippen LogP contribution in [0.2, 0.25) is 0 Å². The summed E-state index contributed by atoms with van der Waals surface area (Å²) in [4.78, 5) is 3.71. The highest BCUT2D eigenvalue weighted by Gasteiger charge is 2.37. The van der Waals surface area contributed by atoms with Crippen molar-refractivity contribution in [2.24, 2.45) is 0 Å². The minimum Gasteiger partial charge on any atom is -0.454 e. The van der Waals surface area contributed by atoms with Crippen molar-refractivity contribution in [2.45, 2.75) is 6.18 Å². The molecule has 0 atom stereocenters. The van der Waals surface area contributed by atoms with E-state index in [0.29, 0.717) is 61.4 Å². The third-order valence-electron chi connectivity index (χ3n) is 11.5. The van der Waals surface area contributed by atoms with Crippen LogP contribution >= 0.6 is 0 Å². The molecule has 0 fully saturated rings. The maximum absolute atomic E-state index is 16.1. The summed E-state index contributed by atoms with van der Waals surface area (Å²) in [5, 5.41) is 6.73. The van der Waals surface area contributed by atoms with Crippen LogP contribution in [-0.2, 0) is 6.18 Å². The molecule has 0 aliphatic carbocycles. The van der Waals surface area contributed by atoms with Gasteiger partial charge in [0, 0.05) is 48.7 Å². The summed E-state index contributed by atoms with van der Waals surface area (Å²) >= 11 is 0. The average Bonchev–Trinajstić information content (AvgIpc) is 4.00. The van der Waals surface area contributed by atoms with Crippen molar-refractivity contribution in [2.75, 3.05) is 0 Å². The van der Waals surface area contributed by atoms with Gasteiger partial charge in [-0.15, -0.1) is 0 Å². The predicted molar refractivity (Wildman–Crippen MR) is 226 cm³/mol. The van der Waals surface area contributed by atoms with E-state index >= 15 is 13.2 Å². The molecular formula is C50H26F3N3O2. The lowest BCUT2D eigenvalue weighted by atomic mass is 9.98. The summed E-state index contributed by atoms with van der Waals surface area (Å²) in [6.45, 7) is 7.87. The second-order valence-electron chi connectivity index (χ2n) is 14.6. The fraction of sp³-hybridized carbons (Fsp3) is 0.0200. The van der Waals surface area contributed by atoms with Gasteiger partial charge < -0.3 is 18.0 Å². The molecule has 8 heteroatoms. The second-order valence-corrected chi connectivity index (χ2v) is 14.6. The molecule has 274 valence electrons. The fourth-order valence-electron chi connectivity index (χ4n) is 9.11. The lowest BCUT2D eigenvalue weighted by molar-refractivity contribution is -0.137. The number of para-hydroxylation sites is 4. The first-order valence-electron chi connectivity index (χ1n) is 18.8. The van der Waals surface area contributed by atoms with E-state index in [2.05, 4.69) is 4.85 Å². The Morgan fingerprint density at radius 1 is 0.466 bits per heavy atom. The largest absolute Gasteiger partial charge is 0.454 e. The quantitative estimate of drug-likeness (QED) is 0.168. The summed E-state index contributed by atoms with van der Waals surface area (Å²) in [5.41, 5.74) is 5.78. The average molecular weight is 758 g/mol. The number of hydrogen-bond donors (Lipinski definition) is 0. The number of benzene rings is 8. The first-order valence-corrected chi connectivity index (χ1v) is 18.8. The molecule has 0 radical (unpaired) electrons. The predicted octanol–water partition coefficient (Wildman–Crippen LogP) is 14.9. The number of furan rings is 2. The molecule has 12 rings (SSSR count). The van der Waals surface area contributed by atoms with Crippen molar-refractivity contribution < 1.29 is 22.0 Å². The number of halogens is 3. The molecule has 0 aliphatic rings. The Morgan fingerprint density at radius 2 is 0.966 bits per heavy atom. The standard InChI is InChI=1S/C50H26F3N3O2/c1-54-29-12-10-11-28(25-29)38-26-43(56-41-18-7-3-14-31(41)35-22-24-37-33-16-5-9-20-45(33)58-49(37)47(35)56)39(50(51,52)53)27-42(38)55-40-17-6-2-13-30(40)34-21-23-36-32-15-4-8-19-44(32)57-48(36)46(34)55/h2-27H. The van der Waals surface area contributed by atoms with Crippen LogP contribution in [-0.4, -0.2) is 9.13 Å². The SMILES string of the molecule is [C-]#[N+]c1cccc(-c2cc(-n3c4ccccc4c4ccc5c6ccccc6oc5c43)c(C(F)(F)F)cc2-n2c3ccccc3c3ccc4c5ccccc5oc4c32)c1. The smallest absolute Gasteiger partial charge is 0.418 e. The molecule has 0 bridgehead atoms. The normalized spacial score (nSPS) is 12.4. The molecule has 4 aromatic heterocycles. The number of hydrogen-bond acceptors (Lipinski definition) is 2. The van der Waals surface area contributed by atoms with E-state index in [0.717, 1.165) is 48.6 Å². The van der Waals surface area contributed by atoms with Gasteiger partial charge in [-0.2, -0.15) is 13.2 Å². The van der Waals surface area contributed by atoms with Crippen LogP contribution in [0.3, 0.4) is 0 Å². The maximum Gasteiger partial charge on any atom is 0.418 e. The van der Waals surface area contributed by atoms with E-state index in [1.165, 1.54) is 6.07 Å². The third kappa shape index (κ3) is 4.41. The van der Waals surface area contributed by atoms with E-state index in [9.17, 15) is 0 Å². The van der Waals surface area contributed by atoms with Gasteiger partial charge in [0.15, 0.2) is 16.9 Å². The summed E-state index contributed by atoms with van der Waals surface area (Å²) < 4.78 is 65.0. The number of nitrogens with zero attached hydrogens (tertiary/aromatic N) is 3. The fourth-order valence-corrected chi connectivity index (χ4v) is 9.11. The van der Waals surface area contributed by atoms with Gasteiger partial charge in [-0.1, -0.05) is 103 Å². The van der Waals surface area contributed by atoms with Crippen molar-refractivity contribution in [3.8, 4) is 22.5 Å². The molecule has 0 saturated heterocycles. The Balaban J connectivity index is 1.29. The zero-order chi connectivity index (χ0) is 38.9. The van der Waals surface area contributed by atoms with Gasteiger partial charge in [0.05, 0.1) is 45.6 Å². The molecule has 5 nitrogen and oxygen atoms in total. The van der Waals surface area contributed by atoms with Crippen LogP contribution in [0.1, 0.15) is 5.56 Å². The minimum absolute atomic E-state index is 0.0618. The zero-order valence-corrected chi connectivity index (χ0v) is 30.3. The van der Waals surface area contributed by atoms with Crippen LogP contribution in [0.4, 0.5) is 18.9 Å². The first kappa shape index (κ1) is 32.5. The summed E-state index contributed by atoms with van der Waals surface area (Å²) in [6.07, 6.45) is -4.80. The molecule has 4 heterocycles. The van der Waals surface area contributed by atoms with Gasteiger partial charge in [0.25, 0.3) is 0 Å². The summed E-state index contributed by atoms with van der Waals surface area (Å²) in [7, 11) is 0. The van der Waals surface area contributed by atoms with Crippen molar-refractivity contribution in [1.29, 1.82) is 0 Å². The van der Waals surface area contributed by atoms with E-state index < -0.39 is 11.7 Å². The molecule has 12 aromatic rings. The third-order valence-corrected chi connectivity index (χ3v) is 11.5. The van der Waals surface area contributed by atoms with Crippen LogP contribution in [0, 0.1) is 6.57 Å². The number of fused-ring (bicyclic) bond motifs is 14. The highest BCUT2D eigenvalue weighted by Crippen LogP contribution is 2.48. The topological polar surface area (TPSA) is 40.5 Å². The lowest BCUT2D eigenvalue weighted by Crippen LogP contribution is -2.13. The van der Waals surface area contributed by atoms with Crippen LogP contribution in [0.25, 0.3) is 115 Å². The van der Waals surface area contributed by atoms with E-state index in [1.54, 1.807) is 28.8 Å². The molecular weight excluding hydrogens is 732 g/mol. The van der Waals surface area contributed by atoms with E-state index in [4.69, 9.17) is 15.4 Å². The second kappa shape index (κ2) is 11.6. The Kier molecular flexibility index (Phi) is 6.52. The van der Waals surface area contributed by atoms with Crippen molar-refractivity contribution in [1.82, 2.24) is 9.13 Å². The lowest BCUT2D eigenvalue weighted by Gasteiger charge is -2.22. The van der Waals surface area contributed by atoms with E-state index in [-0.39, 0.29) is 5.69 Å². The molecule has 0 unspecified atom stereocenters. The number of rotatable bonds is 3. The highest BCUT2D eigenvalue weighted by molar-refractivity contribution is 6.23. The van der Waals surface area contributed by atoms with Gasteiger partial charge >= 0.3 is 6.18 Å². The molecule has 0 amide bonds. The Labute approximate surface area is 326 Å². The van der Waals surface area contributed by atoms with Crippen molar-refractivity contribution in [3.05, 3.63) is 175 Å². The molecule has 8 aromatic carbocycles. The van der Waals surface area contributed by atoms with Crippen molar-refractivity contribution >= 4 is 93.2 Å². The monoisotopic (exact) mass is 757 g/mol. The number of alkyl halides is 3. The Morgan fingerprint density at radius 3 is 1.52 bits per heavy atom. The van der Waals surface area contributed by atoms with Crippen molar-refractivity contribution in [3.63, 3.8) is 0 Å². The van der Waals surface area contributed by atoms with E-state index in [1.807, 2.05) is 132 Å².